The highest BCUT2D eigenvalue weighted by Crippen LogP contribution is 2.32. The standard InChI is InChI=1S/C25H28N2O/c1-28-24-10-5-9-23(19-24)25(27-17-6-15-26-16-18-27)22-13-11-21(12-14-22)20-7-3-2-4-8-20/h2-5,7-14,19,25-26H,6,15-18H2,1H3. The van der Waals surface area contributed by atoms with Crippen molar-refractivity contribution in [3.05, 3.63) is 90.0 Å². The lowest BCUT2D eigenvalue weighted by atomic mass is 9.94. The summed E-state index contributed by atoms with van der Waals surface area (Å²) in [5, 5.41) is 3.52. The first-order chi connectivity index (χ1) is 13.8. The quantitative estimate of drug-likeness (QED) is 0.700. The first kappa shape index (κ1) is 18.7. The third-order valence-corrected chi connectivity index (χ3v) is 5.48. The van der Waals surface area contributed by atoms with Gasteiger partial charge >= 0.3 is 0 Å². The van der Waals surface area contributed by atoms with Crippen molar-refractivity contribution >= 4 is 0 Å². The fourth-order valence-corrected chi connectivity index (χ4v) is 4.04. The molecule has 1 atom stereocenters. The molecule has 0 bridgehead atoms. The van der Waals surface area contributed by atoms with Gasteiger partial charge in [-0.05, 0) is 47.4 Å². The molecule has 1 aliphatic heterocycles. The van der Waals surface area contributed by atoms with E-state index in [9.17, 15) is 0 Å². The number of methoxy groups -OCH3 is 1. The molecule has 0 radical (unpaired) electrons. The molecular formula is C25H28N2O. The SMILES string of the molecule is COc1cccc(C(c2ccc(-c3ccccc3)cc2)N2CCCNCC2)c1. The fraction of sp³-hybridized carbons (Fsp3) is 0.280. The minimum atomic E-state index is 0.236. The van der Waals surface area contributed by atoms with Gasteiger partial charge in [0.15, 0.2) is 0 Å². The van der Waals surface area contributed by atoms with Gasteiger partial charge in [0, 0.05) is 19.6 Å². The molecule has 1 heterocycles. The van der Waals surface area contributed by atoms with E-state index >= 15 is 0 Å². The molecule has 3 aromatic carbocycles. The van der Waals surface area contributed by atoms with Crippen LogP contribution in [0, 0.1) is 0 Å². The van der Waals surface area contributed by atoms with Gasteiger partial charge in [-0.1, -0.05) is 66.7 Å². The molecule has 0 aliphatic carbocycles. The molecular weight excluding hydrogens is 344 g/mol. The molecule has 1 N–H and O–H groups in total. The van der Waals surface area contributed by atoms with Gasteiger partial charge in [0.25, 0.3) is 0 Å². The van der Waals surface area contributed by atoms with Crippen LogP contribution < -0.4 is 10.1 Å². The first-order valence-corrected chi connectivity index (χ1v) is 10.1. The predicted molar refractivity (Wildman–Crippen MR) is 116 cm³/mol. The number of hydrogen-bond acceptors (Lipinski definition) is 3. The highest BCUT2D eigenvalue weighted by molar-refractivity contribution is 5.63. The van der Waals surface area contributed by atoms with Gasteiger partial charge in [-0.25, -0.2) is 0 Å². The minimum Gasteiger partial charge on any atom is -0.497 e. The van der Waals surface area contributed by atoms with Crippen molar-refractivity contribution in [2.75, 3.05) is 33.3 Å². The summed E-state index contributed by atoms with van der Waals surface area (Å²) in [6, 6.07) is 28.4. The summed E-state index contributed by atoms with van der Waals surface area (Å²) < 4.78 is 5.50. The summed E-state index contributed by atoms with van der Waals surface area (Å²) in [6.07, 6.45) is 1.17. The minimum absolute atomic E-state index is 0.236. The highest BCUT2D eigenvalue weighted by atomic mass is 16.5. The maximum Gasteiger partial charge on any atom is 0.119 e. The number of ether oxygens (including phenoxy) is 1. The average molecular weight is 373 g/mol. The Kier molecular flexibility index (Phi) is 6.05. The third kappa shape index (κ3) is 4.27. The molecule has 3 heteroatoms. The molecule has 28 heavy (non-hydrogen) atoms. The Morgan fingerprint density at radius 1 is 0.786 bits per heavy atom. The first-order valence-electron chi connectivity index (χ1n) is 10.1. The Labute approximate surface area is 168 Å². The second-order valence-corrected chi connectivity index (χ2v) is 7.31. The van der Waals surface area contributed by atoms with Crippen LogP contribution in [0.1, 0.15) is 23.6 Å². The van der Waals surface area contributed by atoms with Crippen LogP contribution in [-0.4, -0.2) is 38.2 Å². The summed E-state index contributed by atoms with van der Waals surface area (Å²) in [6.45, 7) is 4.26. The zero-order chi connectivity index (χ0) is 19.2. The fourth-order valence-electron chi connectivity index (χ4n) is 4.04. The van der Waals surface area contributed by atoms with Crippen molar-refractivity contribution in [2.45, 2.75) is 12.5 Å². The summed E-state index contributed by atoms with van der Waals surface area (Å²) in [4.78, 5) is 2.59. The van der Waals surface area contributed by atoms with E-state index in [1.165, 1.54) is 28.7 Å². The van der Waals surface area contributed by atoms with Crippen LogP contribution in [-0.2, 0) is 0 Å². The van der Waals surface area contributed by atoms with E-state index in [0.29, 0.717) is 0 Å². The lowest BCUT2D eigenvalue weighted by Gasteiger charge is -2.31. The molecule has 0 amide bonds. The molecule has 1 saturated heterocycles. The van der Waals surface area contributed by atoms with Crippen molar-refractivity contribution in [1.29, 1.82) is 0 Å². The molecule has 1 fully saturated rings. The number of nitrogens with zero attached hydrogens (tertiary/aromatic N) is 1. The van der Waals surface area contributed by atoms with Crippen molar-refractivity contribution in [3.63, 3.8) is 0 Å². The van der Waals surface area contributed by atoms with Crippen LogP contribution in [0.5, 0.6) is 5.75 Å². The Morgan fingerprint density at radius 3 is 2.36 bits per heavy atom. The third-order valence-electron chi connectivity index (χ3n) is 5.48. The normalized spacial score (nSPS) is 16.3. The van der Waals surface area contributed by atoms with Gasteiger partial charge in [0.1, 0.15) is 5.75 Å². The van der Waals surface area contributed by atoms with E-state index in [1.807, 2.05) is 6.07 Å². The molecule has 3 aromatic rings. The van der Waals surface area contributed by atoms with E-state index in [4.69, 9.17) is 4.74 Å². The molecule has 0 aromatic heterocycles. The zero-order valence-electron chi connectivity index (χ0n) is 16.5. The van der Waals surface area contributed by atoms with Crippen LogP contribution in [0.4, 0.5) is 0 Å². The van der Waals surface area contributed by atoms with Crippen molar-refractivity contribution in [2.24, 2.45) is 0 Å². The molecule has 0 spiro atoms. The van der Waals surface area contributed by atoms with Crippen LogP contribution in [0.2, 0.25) is 0 Å². The van der Waals surface area contributed by atoms with E-state index in [0.717, 1.165) is 31.9 Å². The average Bonchev–Trinajstić information content (AvgIpc) is 3.05. The molecule has 1 unspecified atom stereocenters. The molecule has 144 valence electrons. The zero-order valence-corrected chi connectivity index (χ0v) is 16.5. The van der Waals surface area contributed by atoms with Gasteiger partial charge in [0.05, 0.1) is 13.2 Å². The van der Waals surface area contributed by atoms with Crippen molar-refractivity contribution in [1.82, 2.24) is 10.2 Å². The van der Waals surface area contributed by atoms with E-state index in [2.05, 4.69) is 83.0 Å². The topological polar surface area (TPSA) is 24.5 Å². The Balaban J connectivity index is 1.70. The lowest BCUT2D eigenvalue weighted by Crippen LogP contribution is -2.33. The number of benzene rings is 3. The van der Waals surface area contributed by atoms with E-state index < -0.39 is 0 Å². The summed E-state index contributed by atoms with van der Waals surface area (Å²) in [5.74, 6) is 0.913. The van der Waals surface area contributed by atoms with Gasteiger partial charge < -0.3 is 10.1 Å². The summed E-state index contributed by atoms with van der Waals surface area (Å²) >= 11 is 0. The molecule has 0 saturated carbocycles. The van der Waals surface area contributed by atoms with E-state index in [1.54, 1.807) is 7.11 Å². The molecule has 4 rings (SSSR count). The van der Waals surface area contributed by atoms with Crippen LogP contribution >= 0.6 is 0 Å². The van der Waals surface area contributed by atoms with Gasteiger partial charge in [-0.15, -0.1) is 0 Å². The Hall–Kier alpha value is -2.62. The molecule has 3 nitrogen and oxygen atoms in total. The number of hydrogen-bond donors (Lipinski definition) is 1. The van der Waals surface area contributed by atoms with Gasteiger partial charge in [-0.2, -0.15) is 0 Å². The van der Waals surface area contributed by atoms with Crippen molar-refractivity contribution in [3.8, 4) is 16.9 Å². The Bertz CT molecular complexity index is 869. The second kappa shape index (κ2) is 9.05. The highest BCUT2D eigenvalue weighted by Gasteiger charge is 2.23. The molecule has 1 aliphatic rings. The summed E-state index contributed by atoms with van der Waals surface area (Å²) in [7, 11) is 1.73. The van der Waals surface area contributed by atoms with Crippen LogP contribution in [0.3, 0.4) is 0 Å². The lowest BCUT2D eigenvalue weighted by molar-refractivity contribution is 0.240. The smallest absolute Gasteiger partial charge is 0.119 e. The second-order valence-electron chi connectivity index (χ2n) is 7.31. The number of rotatable bonds is 5. The monoisotopic (exact) mass is 372 g/mol. The maximum absolute atomic E-state index is 5.50. The van der Waals surface area contributed by atoms with Crippen LogP contribution in [0.25, 0.3) is 11.1 Å². The van der Waals surface area contributed by atoms with Gasteiger partial charge in [0.2, 0.25) is 0 Å². The summed E-state index contributed by atoms with van der Waals surface area (Å²) in [5.41, 5.74) is 5.13. The Morgan fingerprint density at radius 2 is 1.57 bits per heavy atom. The van der Waals surface area contributed by atoms with E-state index in [-0.39, 0.29) is 6.04 Å². The van der Waals surface area contributed by atoms with Crippen LogP contribution in [0.15, 0.2) is 78.9 Å². The van der Waals surface area contributed by atoms with Crippen molar-refractivity contribution < 1.29 is 4.74 Å². The largest absolute Gasteiger partial charge is 0.497 e. The van der Waals surface area contributed by atoms with Gasteiger partial charge in [-0.3, -0.25) is 4.90 Å². The maximum atomic E-state index is 5.50. The number of nitrogens with one attached hydrogen (secondary N) is 1. The predicted octanol–water partition coefficient (Wildman–Crippen LogP) is 4.75.